The van der Waals surface area contributed by atoms with Crippen LogP contribution in [-0.4, -0.2) is 12.5 Å². The molecule has 0 fully saturated rings. The number of benzene rings is 2. The van der Waals surface area contributed by atoms with E-state index in [1.807, 2.05) is 5.32 Å². The molecule has 0 radical (unpaired) electrons. The fourth-order valence-electron chi connectivity index (χ4n) is 1.78. The van der Waals surface area contributed by atoms with E-state index < -0.39 is 35.7 Å². The Labute approximate surface area is 133 Å². The van der Waals surface area contributed by atoms with Crippen molar-refractivity contribution in [2.24, 2.45) is 0 Å². The number of para-hydroxylation sites is 1. The summed E-state index contributed by atoms with van der Waals surface area (Å²) in [5.74, 6) is -5.67. The zero-order chi connectivity index (χ0) is 17.7. The molecule has 0 aromatic heterocycles. The van der Waals surface area contributed by atoms with Crippen molar-refractivity contribution < 1.29 is 31.5 Å². The van der Waals surface area contributed by atoms with Gasteiger partial charge in [0, 0.05) is 11.6 Å². The van der Waals surface area contributed by atoms with Gasteiger partial charge < -0.3 is 10.1 Å². The molecular formula is C16H10F5NO2. The van der Waals surface area contributed by atoms with Crippen LogP contribution in [0.15, 0.2) is 42.5 Å². The molecule has 1 amide bonds. The Hall–Kier alpha value is -2.90. The fourth-order valence-corrected chi connectivity index (χ4v) is 1.78. The zero-order valence-corrected chi connectivity index (χ0v) is 11.9. The van der Waals surface area contributed by atoms with E-state index in [2.05, 4.69) is 4.74 Å². The molecule has 126 valence electrons. The molecule has 0 atom stereocenters. The first-order chi connectivity index (χ1) is 11.4. The van der Waals surface area contributed by atoms with Gasteiger partial charge in [-0.1, -0.05) is 18.2 Å². The molecule has 0 aliphatic rings. The lowest BCUT2D eigenvalue weighted by Gasteiger charge is -2.07. The van der Waals surface area contributed by atoms with Crippen LogP contribution in [0.25, 0.3) is 6.08 Å². The van der Waals surface area contributed by atoms with Crippen molar-refractivity contribution in [1.29, 1.82) is 0 Å². The second-order valence-electron chi connectivity index (χ2n) is 4.46. The third-order valence-electron chi connectivity index (χ3n) is 2.84. The third-order valence-corrected chi connectivity index (χ3v) is 2.84. The Bertz CT molecular complexity index is 777. The predicted octanol–water partition coefficient (Wildman–Crippen LogP) is 4.36. The summed E-state index contributed by atoms with van der Waals surface area (Å²) >= 11 is 0. The van der Waals surface area contributed by atoms with Crippen molar-refractivity contribution in [3.8, 4) is 5.75 Å². The van der Waals surface area contributed by atoms with E-state index in [9.17, 15) is 26.7 Å². The van der Waals surface area contributed by atoms with Crippen LogP contribution in [0.4, 0.5) is 27.6 Å². The van der Waals surface area contributed by atoms with E-state index in [1.165, 1.54) is 24.3 Å². The van der Waals surface area contributed by atoms with Crippen LogP contribution < -0.4 is 10.1 Å². The number of halogens is 5. The Morgan fingerprint density at radius 1 is 1.04 bits per heavy atom. The van der Waals surface area contributed by atoms with Crippen molar-refractivity contribution in [3.05, 3.63) is 65.5 Å². The minimum Gasteiger partial charge on any atom is -0.434 e. The standard InChI is InChI=1S/C16H10F5NO2/c17-10-6-7-11(15(19)14(10)18)22-13(23)8-5-9-3-1-2-4-12(9)24-16(20)21/h1-8,16H,(H,22,23)/b8-5+. The predicted molar refractivity (Wildman–Crippen MR) is 77.1 cm³/mol. The quantitative estimate of drug-likeness (QED) is 0.498. The van der Waals surface area contributed by atoms with Gasteiger partial charge in [-0.2, -0.15) is 8.78 Å². The first kappa shape index (κ1) is 17.5. The van der Waals surface area contributed by atoms with Gasteiger partial charge in [0.15, 0.2) is 17.5 Å². The number of nitrogens with one attached hydrogen (secondary N) is 1. The molecule has 3 nitrogen and oxygen atoms in total. The normalized spacial score (nSPS) is 11.1. The zero-order valence-electron chi connectivity index (χ0n) is 11.9. The Balaban J connectivity index is 2.13. The maximum atomic E-state index is 13.4. The topological polar surface area (TPSA) is 38.3 Å². The molecule has 0 bridgehead atoms. The number of anilines is 1. The van der Waals surface area contributed by atoms with E-state index in [0.717, 1.165) is 18.2 Å². The largest absolute Gasteiger partial charge is 0.434 e. The molecule has 0 heterocycles. The van der Waals surface area contributed by atoms with Gasteiger partial charge in [-0.15, -0.1) is 0 Å². The molecule has 0 aliphatic heterocycles. The van der Waals surface area contributed by atoms with E-state index in [0.29, 0.717) is 6.07 Å². The minimum absolute atomic E-state index is 0.157. The van der Waals surface area contributed by atoms with Crippen LogP contribution in [0, 0.1) is 17.5 Å². The number of rotatable bonds is 5. The molecule has 24 heavy (non-hydrogen) atoms. The molecule has 0 unspecified atom stereocenters. The van der Waals surface area contributed by atoms with Gasteiger partial charge in [0.2, 0.25) is 5.91 Å². The highest BCUT2D eigenvalue weighted by Crippen LogP contribution is 2.22. The van der Waals surface area contributed by atoms with Crippen molar-refractivity contribution >= 4 is 17.7 Å². The maximum absolute atomic E-state index is 13.4. The van der Waals surface area contributed by atoms with Gasteiger partial charge in [-0.25, -0.2) is 13.2 Å². The van der Waals surface area contributed by atoms with Gasteiger partial charge in [-0.05, 0) is 24.3 Å². The van der Waals surface area contributed by atoms with Crippen molar-refractivity contribution in [2.45, 2.75) is 6.61 Å². The molecule has 0 aliphatic carbocycles. The monoisotopic (exact) mass is 343 g/mol. The first-order valence-corrected chi connectivity index (χ1v) is 6.55. The van der Waals surface area contributed by atoms with Crippen LogP contribution in [0.2, 0.25) is 0 Å². The maximum Gasteiger partial charge on any atom is 0.387 e. The molecule has 2 aromatic carbocycles. The Morgan fingerprint density at radius 3 is 2.46 bits per heavy atom. The summed E-state index contributed by atoms with van der Waals surface area (Å²) in [6, 6.07) is 7.20. The van der Waals surface area contributed by atoms with Crippen LogP contribution in [0.1, 0.15) is 5.56 Å². The summed E-state index contributed by atoms with van der Waals surface area (Å²) in [5.41, 5.74) is -0.376. The minimum atomic E-state index is -3.04. The molecule has 0 saturated carbocycles. The average molecular weight is 343 g/mol. The molecule has 2 rings (SSSR count). The van der Waals surface area contributed by atoms with Crippen molar-refractivity contribution in [1.82, 2.24) is 0 Å². The smallest absolute Gasteiger partial charge is 0.387 e. The number of alkyl halides is 2. The summed E-state index contributed by atoms with van der Waals surface area (Å²) in [6.07, 6.45) is 2.07. The molecule has 1 N–H and O–H groups in total. The van der Waals surface area contributed by atoms with E-state index in [-0.39, 0.29) is 11.3 Å². The van der Waals surface area contributed by atoms with Crippen molar-refractivity contribution in [3.63, 3.8) is 0 Å². The average Bonchev–Trinajstić information content (AvgIpc) is 2.54. The molecule has 2 aromatic rings. The number of carbonyl (C=O) groups is 1. The number of hydrogen-bond donors (Lipinski definition) is 1. The summed E-state index contributed by atoms with van der Waals surface area (Å²) in [6.45, 7) is -3.04. The summed E-state index contributed by atoms with van der Waals surface area (Å²) in [7, 11) is 0. The van der Waals surface area contributed by atoms with Crippen LogP contribution in [-0.2, 0) is 4.79 Å². The Morgan fingerprint density at radius 2 is 1.75 bits per heavy atom. The van der Waals surface area contributed by atoms with E-state index >= 15 is 0 Å². The number of hydrogen-bond acceptors (Lipinski definition) is 2. The van der Waals surface area contributed by atoms with Gasteiger partial charge in [0.1, 0.15) is 5.75 Å². The summed E-state index contributed by atoms with van der Waals surface area (Å²) < 4.78 is 68.1. The molecule has 0 saturated heterocycles. The van der Waals surface area contributed by atoms with Gasteiger partial charge in [0.05, 0.1) is 5.69 Å². The second-order valence-corrected chi connectivity index (χ2v) is 4.46. The van der Waals surface area contributed by atoms with E-state index in [4.69, 9.17) is 0 Å². The summed E-state index contributed by atoms with van der Waals surface area (Å²) in [5, 5.41) is 2.01. The fraction of sp³-hybridized carbons (Fsp3) is 0.0625. The van der Waals surface area contributed by atoms with Crippen molar-refractivity contribution in [2.75, 3.05) is 5.32 Å². The van der Waals surface area contributed by atoms with E-state index in [1.54, 1.807) is 0 Å². The van der Waals surface area contributed by atoms with Crippen LogP contribution >= 0.6 is 0 Å². The highest BCUT2D eigenvalue weighted by molar-refractivity contribution is 6.02. The summed E-state index contributed by atoms with van der Waals surface area (Å²) in [4.78, 5) is 11.7. The first-order valence-electron chi connectivity index (χ1n) is 6.55. The number of amides is 1. The highest BCUT2D eigenvalue weighted by Gasteiger charge is 2.14. The molecule has 0 spiro atoms. The van der Waals surface area contributed by atoms with Gasteiger partial charge in [-0.3, -0.25) is 4.79 Å². The Kier molecular flexibility index (Phi) is 5.51. The third kappa shape index (κ3) is 4.31. The number of ether oxygens (including phenoxy) is 1. The van der Waals surface area contributed by atoms with Crippen LogP contribution in [0.3, 0.4) is 0 Å². The highest BCUT2D eigenvalue weighted by atomic mass is 19.3. The lowest BCUT2D eigenvalue weighted by molar-refractivity contribution is -0.111. The lowest BCUT2D eigenvalue weighted by atomic mass is 10.2. The van der Waals surface area contributed by atoms with Gasteiger partial charge in [0.25, 0.3) is 0 Å². The molecular weight excluding hydrogens is 333 g/mol. The van der Waals surface area contributed by atoms with Crippen LogP contribution in [0.5, 0.6) is 5.75 Å². The lowest BCUT2D eigenvalue weighted by Crippen LogP contribution is -2.10. The SMILES string of the molecule is O=C(/C=C/c1ccccc1OC(F)F)Nc1ccc(F)c(F)c1F. The van der Waals surface area contributed by atoms with Gasteiger partial charge >= 0.3 is 6.61 Å². The second kappa shape index (κ2) is 7.58. The number of carbonyl (C=O) groups excluding carboxylic acids is 1. The molecule has 8 heteroatoms.